The van der Waals surface area contributed by atoms with E-state index in [4.69, 9.17) is 18.9 Å². The monoisotopic (exact) mass is 523 g/mol. The molecular weight excluding hydrogens is 486 g/mol. The standard InChI is InChI=1S/C34H37NO4/c1-35-19-18-28-21-33(37-3)34(39-24-27-12-8-5-9-13-27)22-29(28)30(35)16-14-25-15-17-31(32(20-25)36-2)38-23-26-10-6-4-7-11-26/h4-13,15,17,20-22,30H,14,16,18-19,23-24H2,1-3H3. The number of nitrogens with zero attached hydrogens (tertiary/aromatic N) is 1. The molecule has 0 fully saturated rings. The third-order valence-electron chi connectivity index (χ3n) is 7.46. The molecule has 5 nitrogen and oxygen atoms in total. The van der Waals surface area contributed by atoms with Gasteiger partial charge in [-0.05, 0) is 78.4 Å². The summed E-state index contributed by atoms with van der Waals surface area (Å²) >= 11 is 0. The van der Waals surface area contributed by atoms with Crippen molar-refractivity contribution in [1.29, 1.82) is 0 Å². The third-order valence-corrected chi connectivity index (χ3v) is 7.46. The number of fused-ring (bicyclic) bond motifs is 1. The van der Waals surface area contributed by atoms with E-state index in [-0.39, 0.29) is 0 Å². The van der Waals surface area contributed by atoms with Crippen LogP contribution in [0.2, 0.25) is 0 Å². The third kappa shape index (κ3) is 6.55. The minimum Gasteiger partial charge on any atom is -0.493 e. The van der Waals surface area contributed by atoms with Crippen LogP contribution in [0.25, 0.3) is 0 Å². The van der Waals surface area contributed by atoms with Crippen molar-refractivity contribution in [3.05, 3.63) is 119 Å². The van der Waals surface area contributed by atoms with E-state index in [2.05, 4.69) is 60.5 Å². The largest absolute Gasteiger partial charge is 0.493 e. The summed E-state index contributed by atoms with van der Waals surface area (Å²) in [6.45, 7) is 2.04. The van der Waals surface area contributed by atoms with E-state index in [9.17, 15) is 0 Å². The van der Waals surface area contributed by atoms with Crippen molar-refractivity contribution in [2.45, 2.75) is 38.5 Å². The lowest BCUT2D eigenvalue weighted by Crippen LogP contribution is -2.32. The zero-order valence-electron chi connectivity index (χ0n) is 23.1. The number of hydrogen-bond acceptors (Lipinski definition) is 5. The fourth-order valence-electron chi connectivity index (χ4n) is 5.24. The number of methoxy groups -OCH3 is 2. The predicted octanol–water partition coefficient (Wildman–Crippen LogP) is 7.02. The minimum absolute atomic E-state index is 0.290. The first-order valence-electron chi connectivity index (χ1n) is 13.6. The van der Waals surface area contributed by atoms with Crippen LogP contribution in [0.5, 0.6) is 23.0 Å². The van der Waals surface area contributed by atoms with Crippen LogP contribution >= 0.6 is 0 Å². The highest BCUT2D eigenvalue weighted by Gasteiger charge is 2.27. The number of rotatable bonds is 11. The Morgan fingerprint density at radius 2 is 1.28 bits per heavy atom. The van der Waals surface area contributed by atoms with Crippen LogP contribution in [-0.2, 0) is 26.1 Å². The molecule has 1 aliphatic heterocycles. The summed E-state index contributed by atoms with van der Waals surface area (Å²) in [5.41, 5.74) is 6.16. The maximum absolute atomic E-state index is 6.25. The van der Waals surface area contributed by atoms with E-state index in [0.717, 1.165) is 59.9 Å². The van der Waals surface area contributed by atoms with Crippen molar-refractivity contribution >= 4 is 0 Å². The lowest BCUT2D eigenvalue weighted by atomic mass is 9.88. The Balaban J connectivity index is 1.30. The van der Waals surface area contributed by atoms with Gasteiger partial charge in [0.05, 0.1) is 14.2 Å². The molecule has 1 aliphatic rings. The van der Waals surface area contributed by atoms with E-state index in [1.807, 2.05) is 42.5 Å². The molecule has 5 heteroatoms. The molecule has 0 saturated carbocycles. The molecule has 1 atom stereocenters. The van der Waals surface area contributed by atoms with Crippen molar-refractivity contribution in [3.63, 3.8) is 0 Å². The van der Waals surface area contributed by atoms with Crippen LogP contribution in [0, 0.1) is 0 Å². The summed E-state index contributed by atoms with van der Waals surface area (Å²) < 4.78 is 23.7. The van der Waals surface area contributed by atoms with E-state index in [0.29, 0.717) is 19.3 Å². The number of likely N-dealkylation sites (N-methyl/N-ethyl adjacent to an activating group) is 1. The zero-order valence-corrected chi connectivity index (χ0v) is 23.1. The van der Waals surface area contributed by atoms with Crippen LogP contribution in [0.4, 0.5) is 0 Å². The zero-order chi connectivity index (χ0) is 27.0. The molecule has 5 rings (SSSR count). The fourth-order valence-corrected chi connectivity index (χ4v) is 5.24. The van der Waals surface area contributed by atoms with Crippen LogP contribution in [-0.4, -0.2) is 32.7 Å². The summed E-state index contributed by atoms with van der Waals surface area (Å²) in [4.78, 5) is 2.45. The van der Waals surface area contributed by atoms with Gasteiger partial charge in [0.15, 0.2) is 23.0 Å². The van der Waals surface area contributed by atoms with Crippen molar-refractivity contribution in [2.75, 3.05) is 27.8 Å². The minimum atomic E-state index is 0.290. The van der Waals surface area contributed by atoms with Crippen molar-refractivity contribution < 1.29 is 18.9 Å². The second-order valence-corrected chi connectivity index (χ2v) is 10.0. The lowest BCUT2D eigenvalue weighted by Gasteiger charge is -2.35. The summed E-state index contributed by atoms with van der Waals surface area (Å²) in [6.07, 6.45) is 2.91. The molecule has 39 heavy (non-hydrogen) atoms. The van der Waals surface area contributed by atoms with E-state index < -0.39 is 0 Å². The summed E-state index contributed by atoms with van der Waals surface area (Å²) in [7, 11) is 5.62. The van der Waals surface area contributed by atoms with Gasteiger partial charge in [-0.2, -0.15) is 0 Å². The smallest absolute Gasteiger partial charge is 0.162 e. The Bertz CT molecular complexity index is 1360. The molecule has 0 spiro atoms. The summed E-state index contributed by atoms with van der Waals surface area (Å²) in [6, 6.07) is 31.3. The van der Waals surface area contributed by atoms with Crippen LogP contribution in [0.15, 0.2) is 91.0 Å². The fraction of sp³-hybridized carbons (Fsp3) is 0.294. The van der Waals surface area contributed by atoms with Crippen molar-refractivity contribution in [3.8, 4) is 23.0 Å². The Morgan fingerprint density at radius 1 is 0.667 bits per heavy atom. The van der Waals surface area contributed by atoms with Gasteiger partial charge in [0.1, 0.15) is 13.2 Å². The molecule has 0 aliphatic carbocycles. The number of benzene rings is 4. The average Bonchev–Trinajstić information content (AvgIpc) is 2.99. The quantitative estimate of drug-likeness (QED) is 0.211. The Morgan fingerprint density at radius 3 is 1.92 bits per heavy atom. The molecular formula is C34H37NO4. The SMILES string of the molecule is COc1cc(CCC2c3cc(OCc4ccccc4)c(OC)cc3CCN2C)ccc1OCc1ccccc1. The van der Waals surface area contributed by atoms with Crippen LogP contribution < -0.4 is 18.9 Å². The molecule has 0 radical (unpaired) electrons. The lowest BCUT2D eigenvalue weighted by molar-refractivity contribution is 0.217. The van der Waals surface area contributed by atoms with Gasteiger partial charge in [-0.3, -0.25) is 4.90 Å². The second-order valence-electron chi connectivity index (χ2n) is 10.0. The molecule has 0 N–H and O–H groups in total. The van der Waals surface area contributed by atoms with Crippen LogP contribution in [0.3, 0.4) is 0 Å². The average molecular weight is 524 g/mol. The first-order chi connectivity index (χ1) is 19.1. The van der Waals surface area contributed by atoms with E-state index >= 15 is 0 Å². The number of hydrogen-bond donors (Lipinski definition) is 0. The molecule has 0 aromatic heterocycles. The van der Waals surface area contributed by atoms with Gasteiger partial charge in [-0.25, -0.2) is 0 Å². The normalized spacial score (nSPS) is 14.9. The molecule has 1 unspecified atom stereocenters. The van der Waals surface area contributed by atoms with Crippen molar-refractivity contribution in [1.82, 2.24) is 4.90 Å². The van der Waals surface area contributed by atoms with Gasteiger partial charge in [0, 0.05) is 12.6 Å². The Hall–Kier alpha value is -3.96. The predicted molar refractivity (Wildman–Crippen MR) is 155 cm³/mol. The topological polar surface area (TPSA) is 40.2 Å². The molecule has 0 bridgehead atoms. The molecule has 1 heterocycles. The highest BCUT2D eigenvalue weighted by atomic mass is 16.5. The second kappa shape index (κ2) is 12.7. The number of aryl methyl sites for hydroxylation is 1. The molecule has 202 valence electrons. The molecule has 0 saturated heterocycles. The van der Waals surface area contributed by atoms with Gasteiger partial charge in [0.25, 0.3) is 0 Å². The Kier molecular flexibility index (Phi) is 8.69. The number of ether oxygens (including phenoxy) is 4. The van der Waals surface area contributed by atoms with Crippen molar-refractivity contribution in [2.24, 2.45) is 0 Å². The maximum atomic E-state index is 6.25. The summed E-state index contributed by atoms with van der Waals surface area (Å²) in [5.74, 6) is 3.12. The Labute approximate surface area is 231 Å². The first-order valence-corrected chi connectivity index (χ1v) is 13.6. The maximum Gasteiger partial charge on any atom is 0.162 e. The van der Waals surface area contributed by atoms with Gasteiger partial charge in [-0.1, -0.05) is 66.7 Å². The van der Waals surface area contributed by atoms with Gasteiger partial charge in [0.2, 0.25) is 0 Å². The first kappa shape index (κ1) is 26.6. The molecule has 4 aromatic rings. The van der Waals surface area contributed by atoms with Gasteiger partial charge in [-0.15, -0.1) is 0 Å². The van der Waals surface area contributed by atoms with E-state index in [1.165, 1.54) is 16.7 Å². The highest BCUT2D eigenvalue weighted by molar-refractivity contribution is 5.50. The van der Waals surface area contributed by atoms with Gasteiger partial charge < -0.3 is 18.9 Å². The highest BCUT2D eigenvalue weighted by Crippen LogP contribution is 2.40. The van der Waals surface area contributed by atoms with E-state index in [1.54, 1.807) is 14.2 Å². The van der Waals surface area contributed by atoms with Crippen LogP contribution in [0.1, 0.15) is 40.3 Å². The van der Waals surface area contributed by atoms with Gasteiger partial charge >= 0.3 is 0 Å². The molecule has 0 amide bonds. The summed E-state index contributed by atoms with van der Waals surface area (Å²) in [5, 5.41) is 0. The molecule has 4 aromatic carbocycles.